The van der Waals surface area contributed by atoms with E-state index >= 15 is 0 Å². The molecule has 1 rings (SSSR count). The van der Waals surface area contributed by atoms with E-state index in [9.17, 15) is 9.59 Å². The second-order valence-electron chi connectivity index (χ2n) is 2.02. The van der Waals surface area contributed by atoms with Crippen molar-refractivity contribution in [1.82, 2.24) is 10.4 Å². The Morgan fingerprint density at radius 1 is 1.70 bits per heavy atom. The van der Waals surface area contributed by atoms with Gasteiger partial charge in [0.25, 0.3) is 0 Å². The van der Waals surface area contributed by atoms with Gasteiger partial charge in [-0.3, -0.25) is 4.79 Å². The van der Waals surface area contributed by atoms with Gasteiger partial charge in [0, 0.05) is 13.0 Å². The highest BCUT2D eigenvalue weighted by molar-refractivity contribution is 5.90. The number of carbonyl (C=O) groups is 2. The largest absolute Gasteiger partial charge is 0.464 e. The number of nitrogens with zero attached hydrogens (tertiary/aromatic N) is 1. The van der Waals surface area contributed by atoms with Crippen LogP contribution in [0.5, 0.6) is 0 Å². The van der Waals surface area contributed by atoms with Crippen molar-refractivity contribution in [3.8, 4) is 0 Å². The topological polar surface area (TPSA) is 69.6 Å². The van der Waals surface area contributed by atoms with E-state index < -0.39 is 6.09 Å². The number of hydrogen-bond donors (Lipinski definition) is 2. The molecule has 2 amide bonds. The van der Waals surface area contributed by atoms with Crippen molar-refractivity contribution in [3.63, 3.8) is 0 Å². The molecule has 1 saturated heterocycles. The minimum atomic E-state index is -1.23. The van der Waals surface area contributed by atoms with Gasteiger partial charge in [0.15, 0.2) is 0 Å². The number of imide groups is 1. The Balaban J connectivity index is 2.56. The zero-order valence-electron chi connectivity index (χ0n) is 5.33. The smallest absolute Gasteiger partial charge is 0.429 e. The molecule has 2 N–H and O–H groups in total. The molecule has 0 aromatic heterocycles. The van der Waals surface area contributed by atoms with Crippen molar-refractivity contribution in [1.29, 1.82) is 0 Å². The van der Waals surface area contributed by atoms with E-state index in [-0.39, 0.29) is 5.91 Å². The van der Waals surface area contributed by atoms with E-state index in [2.05, 4.69) is 5.43 Å². The molecule has 5 nitrogen and oxygen atoms in total. The van der Waals surface area contributed by atoms with Gasteiger partial charge in [-0.05, 0) is 6.42 Å². The molecule has 0 saturated carbocycles. The second-order valence-corrected chi connectivity index (χ2v) is 2.02. The van der Waals surface area contributed by atoms with Gasteiger partial charge in [-0.2, -0.15) is 5.01 Å². The van der Waals surface area contributed by atoms with Gasteiger partial charge in [0.1, 0.15) is 0 Å². The van der Waals surface area contributed by atoms with Crippen molar-refractivity contribution in [3.05, 3.63) is 0 Å². The molecule has 0 aromatic rings. The van der Waals surface area contributed by atoms with Crippen LogP contribution >= 0.6 is 0 Å². The van der Waals surface area contributed by atoms with Gasteiger partial charge in [-0.25, -0.2) is 10.2 Å². The summed E-state index contributed by atoms with van der Waals surface area (Å²) in [6, 6.07) is 0. The van der Waals surface area contributed by atoms with Crippen molar-refractivity contribution < 1.29 is 14.7 Å². The molecule has 1 fully saturated rings. The average molecular weight is 144 g/mol. The fraction of sp³-hybridized carbons (Fsp3) is 0.600. The molecule has 10 heavy (non-hydrogen) atoms. The van der Waals surface area contributed by atoms with Gasteiger partial charge in [0.2, 0.25) is 5.91 Å². The Labute approximate surface area is 57.6 Å². The summed E-state index contributed by atoms with van der Waals surface area (Å²) >= 11 is 0. The summed E-state index contributed by atoms with van der Waals surface area (Å²) in [6.07, 6.45) is -0.202. The monoisotopic (exact) mass is 144 g/mol. The molecular formula is C5H8N2O3. The molecule has 56 valence electrons. The van der Waals surface area contributed by atoms with E-state index in [0.29, 0.717) is 24.4 Å². The molecular weight excluding hydrogens is 136 g/mol. The van der Waals surface area contributed by atoms with Crippen LogP contribution in [0.4, 0.5) is 4.79 Å². The summed E-state index contributed by atoms with van der Waals surface area (Å²) in [7, 11) is 0. The molecule has 0 bridgehead atoms. The zero-order chi connectivity index (χ0) is 7.56. The lowest BCUT2D eigenvalue weighted by molar-refractivity contribution is -0.133. The van der Waals surface area contributed by atoms with E-state index in [0.717, 1.165) is 0 Å². The SMILES string of the molecule is O=C(O)N1NCCCC1=O. The summed E-state index contributed by atoms with van der Waals surface area (Å²) in [5.41, 5.74) is 2.45. The molecule has 0 spiro atoms. The molecule has 0 aromatic carbocycles. The van der Waals surface area contributed by atoms with Crippen LogP contribution in [-0.4, -0.2) is 28.7 Å². The Morgan fingerprint density at radius 3 is 2.80 bits per heavy atom. The highest BCUT2D eigenvalue weighted by atomic mass is 16.4. The van der Waals surface area contributed by atoms with Crippen molar-refractivity contribution in [2.75, 3.05) is 6.54 Å². The van der Waals surface area contributed by atoms with Crippen LogP contribution < -0.4 is 5.43 Å². The van der Waals surface area contributed by atoms with Gasteiger partial charge in [0.05, 0.1) is 0 Å². The van der Waals surface area contributed by atoms with Crippen LogP contribution in [0.15, 0.2) is 0 Å². The maximum absolute atomic E-state index is 10.7. The maximum atomic E-state index is 10.7. The first-order valence-electron chi connectivity index (χ1n) is 3.01. The van der Waals surface area contributed by atoms with Crippen molar-refractivity contribution in [2.24, 2.45) is 0 Å². The minimum Gasteiger partial charge on any atom is -0.464 e. The first kappa shape index (κ1) is 7.01. The van der Waals surface area contributed by atoms with E-state index in [1.807, 2.05) is 0 Å². The Bertz CT molecular complexity index is 168. The lowest BCUT2D eigenvalue weighted by Gasteiger charge is -2.22. The van der Waals surface area contributed by atoms with E-state index in [4.69, 9.17) is 5.11 Å². The third-order valence-corrected chi connectivity index (χ3v) is 1.28. The number of carboxylic acid groups (broad SMARTS) is 1. The zero-order valence-corrected chi connectivity index (χ0v) is 5.33. The summed E-state index contributed by atoms with van der Waals surface area (Å²) < 4.78 is 0. The van der Waals surface area contributed by atoms with Gasteiger partial charge < -0.3 is 5.11 Å². The normalized spacial score (nSPS) is 19.2. The van der Waals surface area contributed by atoms with Crippen LogP contribution in [0.1, 0.15) is 12.8 Å². The highest BCUT2D eigenvalue weighted by Crippen LogP contribution is 2.00. The molecule has 5 heteroatoms. The van der Waals surface area contributed by atoms with E-state index in [1.54, 1.807) is 0 Å². The number of amides is 2. The van der Waals surface area contributed by atoms with Gasteiger partial charge >= 0.3 is 6.09 Å². The standard InChI is InChI=1S/C5H8N2O3/c8-4-2-1-3-6-7(4)5(9)10/h6H,1-3H2,(H,9,10). The number of hydrogen-bond acceptors (Lipinski definition) is 3. The quantitative estimate of drug-likeness (QED) is 0.493. The molecule has 0 atom stereocenters. The van der Waals surface area contributed by atoms with Crippen LogP contribution in [0.3, 0.4) is 0 Å². The third kappa shape index (κ3) is 1.24. The molecule has 1 heterocycles. The highest BCUT2D eigenvalue weighted by Gasteiger charge is 2.22. The Hall–Kier alpha value is -1.10. The fourth-order valence-corrected chi connectivity index (χ4v) is 0.805. The summed E-state index contributed by atoms with van der Waals surface area (Å²) in [4.78, 5) is 20.9. The van der Waals surface area contributed by atoms with Crippen LogP contribution in [-0.2, 0) is 4.79 Å². The van der Waals surface area contributed by atoms with Crippen LogP contribution in [0.2, 0.25) is 0 Å². The summed E-state index contributed by atoms with van der Waals surface area (Å²) in [5, 5.41) is 8.98. The minimum absolute atomic E-state index is 0.319. The predicted molar refractivity (Wildman–Crippen MR) is 32.1 cm³/mol. The number of rotatable bonds is 0. The van der Waals surface area contributed by atoms with Crippen molar-refractivity contribution >= 4 is 12.0 Å². The molecule has 1 aliphatic heterocycles. The fourth-order valence-electron chi connectivity index (χ4n) is 0.805. The second kappa shape index (κ2) is 2.66. The Kier molecular flexibility index (Phi) is 1.86. The summed E-state index contributed by atoms with van der Waals surface area (Å²) in [5.74, 6) is -0.376. The van der Waals surface area contributed by atoms with Crippen molar-refractivity contribution in [2.45, 2.75) is 12.8 Å². The van der Waals surface area contributed by atoms with Crippen LogP contribution in [0.25, 0.3) is 0 Å². The first-order valence-corrected chi connectivity index (χ1v) is 3.01. The summed E-state index contributed by atoms with van der Waals surface area (Å²) in [6.45, 7) is 0.554. The lowest BCUT2D eigenvalue weighted by atomic mass is 10.2. The van der Waals surface area contributed by atoms with Gasteiger partial charge in [-0.15, -0.1) is 0 Å². The molecule has 1 aliphatic rings. The number of carbonyl (C=O) groups excluding carboxylic acids is 1. The van der Waals surface area contributed by atoms with Gasteiger partial charge in [-0.1, -0.05) is 0 Å². The number of nitrogens with one attached hydrogen (secondary N) is 1. The molecule has 0 radical (unpaired) electrons. The maximum Gasteiger partial charge on any atom is 0.429 e. The molecule has 0 aliphatic carbocycles. The lowest BCUT2D eigenvalue weighted by Crippen LogP contribution is -2.49. The Morgan fingerprint density at radius 2 is 2.40 bits per heavy atom. The number of hydrazine groups is 1. The predicted octanol–water partition coefficient (Wildman–Crippen LogP) is -0.209. The van der Waals surface area contributed by atoms with E-state index in [1.165, 1.54) is 0 Å². The molecule has 0 unspecified atom stereocenters. The first-order chi connectivity index (χ1) is 4.72. The third-order valence-electron chi connectivity index (χ3n) is 1.28. The average Bonchev–Trinajstić information content (AvgIpc) is 1.88. The van der Waals surface area contributed by atoms with Crippen LogP contribution in [0, 0.1) is 0 Å².